The van der Waals surface area contributed by atoms with Gasteiger partial charge in [0.2, 0.25) is 10.0 Å². The fraction of sp³-hybridized carbons (Fsp3) is 0.769. The first-order valence-electron chi connectivity index (χ1n) is 7.02. The fourth-order valence-corrected chi connectivity index (χ4v) is 4.77. The molecule has 0 saturated heterocycles. The van der Waals surface area contributed by atoms with Crippen LogP contribution >= 0.6 is 0 Å². The molecule has 3 atom stereocenters. The minimum Gasteiger partial charge on any atom is -0.390 e. The van der Waals surface area contributed by atoms with Gasteiger partial charge in [0.1, 0.15) is 10.6 Å². The van der Waals surface area contributed by atoms with Crippen molar-refractivity contribution < 1.29 is 13.5 Å². The van der Waals surface area contributed by atoms with Crippen LogP contribution in [-0.4, -0.2) is 29.8 Å². The molecule has 0 spiro atoms. The number of hydrogen-bond donors (Lipinski definition) is 3. The Labute approximate surface area is 120 Å². The summed E-state index contributed by atoms with van der Waals surface area (Å²) in [7, 11) is -3.64. The lowest BCUT2D eigenvalue weighted by Crippen LogP contribution is -2.42. The second kappa shape index (κ2) is 5.83. The Morgan fingerprint density at radius 2 is 2.10 bits per heavy atom. The van der Waals surface area contributed by atoms with E-state index in [0.717, 1.165) is 19.3 Å². The van der Waals surface area contributed by atoms with Crippen LogP contribution in [0.2, 0.25) is 0 Å². The molecule has 1 aliphatic rings. The number of aliphatic hydroxyl groups is 1. The maximum absolute atomic E-state index is 12.5. The number of hydrogen-bond acceptors (Lipinski definition) is 4. The van der Waals surface area contributed by atoms with Gasteiger partial charge in [-0.3, -0.25) is 5.10 Å². The van der Waals surface area contributed by atoms with Crippen molar-refractivity contribution in [2.45, 2.75) is 57.6 Å². The molecule has 3 unspecified atom stereocenters. The zero-order valence-electron chi connectivity index (χ0n) is 12.2. The van der Waals surface area contributed by atoms with Crippen LogP contribution < -0.4 is 4.72 Å². The second-order valence-corrected chi connectivity index (χ2v) is 7.56. The van der Waals surface area contributed by atoms with Gasteiger partial charge in [-0.2, -0.15) is 5.10 Å². The lowest BCUT2D eigenvalue weighted by atomic mass is 9.80. The molecule has 2 rings (SSSR count). The predicted molar refractivity (Wildman–Crippen MR) is 75.5 cm³/mol. The Morgan fingerprint density at radius 1 is 1.40 bits per heavy atom. The zero-order valence-corrected chi connectivity index (χ0v) is 13.0. The van der Waals surface area contributed by atoms with Crippen LogP contribution in [0.3, 0.4) is 0 Å². The second-order valence-electron chi connectivity index (χ2n) is 5.91. The van der Waals surface area contributed by atoms with E-state index in [2.05, 4.69) is 28.8 Å². The molecule has 1 aromatic rings. The number of aromatic nitrogens is 2. The van der Waals surface area contributed by atoms with E-state index in [4.69, 9.17) is 0 Å². The topological polar surface area (TPSA) is 95.1 Å². The van der Waals surface area contributed by atoms with Crippen molar-refractivity contribution in [3.8, 4) is 0 Å². The van der Waals surface area contributed by atoms with Crippen molar-refractivity contribution in [3.63, 3.8) is 0 Å². The maximum atomic E-state index is 12.5. The number of nitrogens with zero attached hydrogens (tertiary/aromatic N) is 1. The van der Waals surface area contributed by atoms with Gasteiger partial charge >= 0.3 is 0 Å². The summed E-state index contributed by atoms with van der Waals surface area (Å²) in [4.78, 5) is 0.0887. The summed E-state index contributed by atoms with van der Waals surface area (Å²) < 4.78 is 27.8. The van der Waals surface area contributed by atoms with Crippen LogP contribution in [0.25, 0.3) is 0 Å². The Balaban J connectivity index is 2.21. The highest BCUT2D eigenvalue weighted by Crippen LogP contribution is 2.30. The summed E-state index contributed by atoms with van der Waals surface area (Å²) in [5.74, 6) is 0.965. The van der Waals surface area contributed by atoms with Crippen LogP contribution in [0, 0.1) is 18.8 Å². The molecule has 1 aromatic heterocycles. The molecule has 114 valence electrons. The zero-order chi connectivity index (χ0) is 14.9. The molecule has 1 fully saturated rings. The summed E-state index contributed by atoms with van der Waals surface area (Å²) in [6.07, 6.45) is 2.92. The minimum absolute atomic E-state index is 0.0444. The molecule has 3 N–H and O–H groups in total. The van der Waals surface area contributed by atoms with Crippen LogP contribution in [0.1, 0.15) is 44.5 Å². The van der Waals surface area contributed by atoms with Gasteiger partial charge in [-0.05, 0) is 38.0 Å². The van der Waals surface area contributed by atoms with Crippen molar-refractivity contribution in [1.82, 2.24) is 14.9 Å². The summed E-state index contributed by atoms with van der Waals surface area (Å²) in [5.41, 5.74) is 0.630. The predicted octanol–water partition coefficient (Wildman–Crippen LogP) is 1.31. The van der Waals surface area contributed by atoms with Gasteiger partial charge in [-0.15, -0.1) is 0 Å². The number of rotatable bonds is 4. The molecule has 0 aromatic carbocycles. The number of nitrogens with one attached hydrogen (secondary N) is 2. The average Bonchev–Trinajstić information content (AvgIpc) is 2.75. The van der Waals surface area contributed by atoms with Gasteiger partial charge in [0.05, 0.1) is 12.3 Å². The largest absolute Gasteiger partial charge is 0.390 e. The Morgan fingerprint density at radius 3 is 2.70 bits per heavy atom. The summed E-state index contributed by atoms with van der Waals surface area (Å²) in [5, 5.41) is 15.7. The molecule has 1 heterocycles. The van der Waals surface area contributed by atoms with Crippen molar-refractivity contribution >= 4 is 10.0 Å². The lowest BCUT2D eigenvalue weighted by Gasteiger charge is -2.32. The van der Waals surface area contributed by atoms with Crippen LogP contribution in [-0.2, 0) is 16.6 Å². The van der Waals surface area contributed by atoms with Crippen LogP contribution in [0.15, 0.2) is 4.90 Å². The SMILES string of the molecule is Cc1[nH]nc(CO)c1S(=O)(=O)NC1CCC(C)CC1C. The van der Waals surface area contributed by atoms with Gasteiger partial charge < -0.3 is 5.11 Å². The van der Waals surface area contributed by atoms with E-state index in [1.165, 1.54) is 0 Å². The van der Waals surface area contributed by atoms with E-state index in [9.17, 15) is 13.5 Å². The molecule has 6 nitrogen and oxygen atoms in total. The van der Waals surface area contributed by atoms with E-state index >= 15 is 0 Å². The van der Waals surface area contributed by atoms with Gasteiger partial charge in [0.25, 0.3) is 0 Å². The Kier molecular flexibility index (Phi) is 4.51. The van der Waals surface area contributed by atoms with E-state index in [1.807, 2.05) is 0 Å². The molecule has 20 heavy (non-hydrogen) atoms. The van der Waals surface area contributed by atoms with E-state index in [0.29, 0.717) is 17.5 Å². The number of sulfonamides is 1. The fourth-order valence-electron chi connectivity index (χ4n) is 3.03. The van der Waals surface area contributed by atoms with Gasteiger partial charge in [-0.1, -0.05) is 13.8 Å². The maximum Gasteiger partial charge on any atom is 0.244 e. The first-order chi connectivity index (χ1) is 9.35. The first kappa shape index (κ1) is 15.5. The third kappa shape index (κ3) is 3.05. The summed E-state index contributed by atoms with van der Waals surface area (Å²) in [6, 6.07) is -0.0444. The smallest absolute Gasteiger partial charge is 0.244 e. The highest BCUT2D eigenvalue weighted by molar-refractivity contribution is 7.89. The van der Waals surface area contributed by atoms with Crippen molar-refractivity contribution in [2.24, 2.45) is 11.8 Å². The number of aliphatic hydroxyl groups excluding tert-OH is 1. The number of aryl methyl sites for hydroxylation is 1. The molecule has 0 amide bonds. The third-order valence-corrected chi connectivity index (χ3v) is 5.81. The normalized spacial score (nSPS) is 27.7. The van der Waals surface area contributed by atoms with Gasteiger partial charge in [0, 0.05) is 6.04 Å². The average molecular weight is 301 g/mol. The highest BCUT2D eigenvalue weighted by Gasteiger charge is 2.32. The minimum atomic E-state index is -3.64. The molecule has 7 heteroatoms. The molecule has 0 aliphatic heterocycles. The summed E-state index contributed by atoms with van der Waals surface area (Å²) >= 11 is 0. The monoisotopic (exact) mass is 301 g/mol. The molecule has 0 bridgehead atoms. The highest BCUT2D eigenvalue weighted by atomic mass is 32.2. The molecule has 0 radical (unpaired) electrons. The third-order valence-electron chi connectivity index (χ3n) is 4.12. The summed E-state index contributed by atoms with van der Waals surface area (Å²) in [6.45, 7) is 5.54. The Bertz CT molecular complexity index is 567. The molecule has 1 aliphatic carbocycles. The van der Waals surface area contributed by atoms with Crippen LogP contribution in [0.5, 0.6) is 0 Å². The number of H-pyrrole nitrogens is 1. The van der Waals surface area contributed by atoms with E-state index < -0.39 is 16.6 Å². The van der Waals surface area contributed by atoms with Gasteiger partial charge in [0.15, 0.2) is 0 Å². The first-order valence-corrected chi connectivity index (χ1v) is 8.50. The van der Waals surface area contributed by atoms with Crippen molar-refractivity contribution in [1.29, 1.82) is 0 Å². The standard InChI is InChI=1S/C13H23N3O3S/c1-8-4-5-11(9(2)6-8)16-20(18,19)13-10(3)14-15-12(13)7-17/h8-9,11,16-17H,4-7H2,1-3H3,(H,14,15). The quantitative estimate of drug-likeness (QED) is 0.781. The van der Waals surface area contributed by atoms with E-state index in [1.54, 1.807) is 6.92 Å². The lowest BCUT2D eigenvalue weighted by molar-refractivity contribution is 0.249. The molecular weight excluding hydrogens is 278 g/mol. The number of aromatic amines is 1. The Hall–Kier alpha value is -0.920. The van der Waals surface area contributed by atoms with Crippen molar-refractivity contribution in [3.05, 3.63) is 11.4 Å². The van der Waals surface area contributed by atoms with Gasteiger partial charge in [-0.25, -0.2) is 13.1 Å². The molecule has 1 saturated carbocycles. The molecular formula is C13H23N3O3S. The van der Waals surface area contributed by atoms with E-state index in [-0.39, 0.29) is 16.6 Å². The van der Waals surface area contributed by atoms with Crippen LogP contribution in [0.4, 0.5) is 0 Å². The van der Waals surface area contributed by atoms with Crippen molar-refractivity contribution in [2.75, 3.05) is 0 Å².